The molecule has 3 amide bonds. The van der Waals surface area contributed by atoms with Gasteiger partial charge >= 0.3 is 0 Å². The highest BCUT2D eigenvalue weighted by atomic mass is 35.5. The van der Waals surface area contributed by atoms with Crippen LogP contribution in [0.2, 0.25) is 5.02 Å². The van der Waals surface area contributed by atoms with Crippen molar-refractivity contribution in [2.24, 2.45) is 0 Å². The van der Waals surface area contributed by atoms with Gasteiger partial charge in [0, 0.05) is 76.4 Å². The Morgan fingerprint density at radius 1 is 0.985 bits per heavy atom. The van der Waals surface area contributed by atoms with E-state index in [-0.39, 0.29) is 54.1 Å². The Labute approximate surface area is 390 Å². The number of carbonyl (C=O) groups is 4. The Morgan fingerprint density at radius 2 is 1.74 bits per heavy atom. The Balaban J connectivity index is 0.000000210. The molecule has 0 bridgehead atoms. The number of hydrogen-bond acceptors (Lipinski definition) is 14. The van der Waals surface area contributed by atoms with Crippen molar-refractivity contribution in [3.63, 3.8) is 0 Å². The Kier molecular flexibility index (Phi) is 15.8. The Hall–Kier alpha value is -5.85. The van der Waals surface area contributed by atoms with E-state index in [0.29, 0.717) is 52.7 Å². The first-order chi connectivity index (χ1) is 31.8. The monoisotopic (exact) mass is 927 g/mol. The quantitative estimate of drug-likeness (QED) is 0.117. The van der Waals surface area contributed by atoms with Gasteiger partial charge in [-0.25, -0.2) is 9.97 Å². The number of benzene rings is 1. The van der Waals surface area contributed by atoms with Crippen LogP contribution >= 0.6 is 11.6 Å². The molecule has 1 aliphatic carbocycles. The fourth-order valence-corrected chi connectivity index (χ4v) is 9.03. The second-order valence-corrected chi connectivity index (χ2v) is 17.9. The number of halogens is 1. The Bertz CT molecular complexity index is 2460. The van der Waals surface area contributed by atoms with Crippen molar-refractivity contribution in [1.29, 1.82) is 0 Å². The lowest BCUT2D eigenvalue weighted by atomic mass is 9.95. The van der Waals surface area contributed by atoms with Crippen molar-refractivity contribution in [1.82, 2.24) is 40.4 Å². The number of piperazine rings is 1. The highest BCUT2D eigenvalue weighted by molar-refractivity contribution is 6.33. The number of fused-ring (bicyclic) bond motifs is 2. The molecule has 66 heavy (non-hydrogen) atoms. The van der Waals surface area contributed by atoms with E-state index in [2.05, 4.69) is 43.0 Å². The maximum atomic E-state index is 13.1. The van der Waals surface area contributed by atoms with Crippen molar-refractivity contribution in [2.75, 3.05) is 68.5 Å². The van der Waals surface area contributed by atoms with Crippen LogP contribution in [0.4, 0.5) is 23.3 Å². The molecular formula is C47H62ClN11O7. The normalized spacial score (nSPS) is 19.2. The summed E-state index contributed by atoms with van der Waals surface area (Å²) in [7, 11) is 3.06. The number of aldehydes is 1. The van der Waals surface area contributed by atoms with E-state index in [1.54, 1.807) is 21.7 Å². The van der Waals surface area contributed by atoms with Gasteiger partial charge in [-0.3, -0.25) is 19.2 Å². The third-order valence-electron chi connectivity index (χ3n) is 12.7. The van der Waals surface area contributed by atoms with Crippen LogP contribution in [0.15, 0.2) is 47.4 Å². The fraction of sp³-hybridized carbons (Fsp3) is 0.532. The number of hydrogen-bond donors (Lipinski definition) is 4. The summed E-state index contributed by atoms with van der Waals surface area (Å²) in [6.45, 7) is 12.0. The smallest absolute Gasteiger partial charge is 0.293 e. The molecule has 3 fully saturated rings. The molecule has 3 atom stereocenters. The van der Waals surface area contributed by atoms with Crippen LogP contribution in [0.25, 0.3) is 10.9 Å². The molecule has 4 N–H and O–H groups in total. The molecule has 1 aromatic carbocycles. The zero-order valence-corrected chi connectivity index (χ0v) is 39.4. The van der Waals surface area contributed by atoms with Gasteiger partial charge in [-0.15, -0.1) is 0 Å². The van der Waals surface area contributed by atoms with E-state index >= 15 is 0 Å². The van der Waals surface area contributed by atoms with Crippen LogP contribution in [-0.4, -0.2) is 126 Å². The predicted molar refractivity (Wildman–Crippen MR) is 254 cm³/mol. The number of amides is 3. The van der Waals surface area contributed by atoms with Gasteiger partial charge in [0.05, 0.1) is 41.2 Å². The van der Waals surface area contributed by atoms with Gasteiger partial charge in [-0.1, -0.05) is 11.6 Å². The number of nitrogens with one attached hydrogen (secondary N) is 4. The van der Waals surface area contributed by atoms with Crippen LogP contribution in [0.1, 0.15) is 101 Å². The summed E-state index contributed by atoms with van der Waals surface area (Å²) >= 11 is 6.47. The van der Waals surface area contributed by atoms with Crippen molar-refractivity contribution < 1.29 is 28.7 Å². The largest absolute Gasteiger partial charge is 0.478 e. The molecule has 4 aliphatic rings. The summed E-state index contributed by atoms with van der Waals surface area (Å²) in [6, 6.07) is 10.2. The van der Waals surface area contributed by atoms with Gasteiger partial charge in [0.15, 0.2) is 18.2 Å². The lowest BCUT2D eigenvalue weighted by Gasteiger charge is -2.36. The topological polar surface area (TPSA) is 205 Å². The summed E-state index contributed by atoms with van der Waals surface area (Å²) in [5.41, 5.74) is 2.45. The van der Waals surface area contributed by atoms with Crippen LogP contribution in [0, 0.1) is 0 Å². The molecule has 3 unspecified atom stereocenters. The minimum Gasteiger partial charge on any atom is -0.478 e. The third kappa shape index (κ3) is 10.7. The molecule has 18 nitrogen and oxygen atoms in total. The van der Waals surface area contributed by atoms with Gasteiger partial charge in [-0.05, 0) is 103 Å². The average Bonchev–Trinajstić information content (AvgIpc) is 3.55. The lowest BCUT2D eigenvalue weighted by Crippen LogP contribution is -2.50. The summed E-state index contributed by atoms with van der Waals surface area (Å²) < 4.78 is 13.4. The lowest BCUT2D eigenvalue weighted by molar-refractivity contribution is -0.126. The maximum Gasteiger partial charge on any atom is 0.293 e. The van der Waals surface area contributed by atoms with Crippen LogP contribution in [-0.2, 0) is 19.1 Å². The highest BCUT2D eigenvalue weighted by Gasteiger charge is 2.42. The zero-order chi connectivity index (χ0) is 47.1. The van der Waals surface area contributed by atoms with Crippen molar-refractivity contribution in [3.8, 4) is 5.75 Å². The second kappa shape index (κ2) is 21.6. The number of carbonyl (C=O) groups excluding carboxylic acids is 4. The molecule has 354 valence electrons. The first kappa shape index (κ1) is 48.1. The van der Waals surface area contributed by atoms with Gasteiger partial charge in [-0.2, -0.15) is 4.98 Å². The molecule has 2 saturated heterocycles. The predicted octanol–water partition coefficient (Wildman–Crippen LogP) is 4.92. The van der Waals surface area contributed by atoms with Crippen LogP contribution in [0.3, 0.4) is 0 Å². The molecule has 8 rings (SSSR count). The highest BCUT2D eigenvalue weighted by Crippen LogP contribution is 2.37. The molecule has 3 aromatic heterocycles. The fourth-order valence-electron chi connectivity index (χ4n) is 8.89. The van der Waals surface area contributed by atoms with Crippen molar-refractivity contribution >= 4 is 69.8 Å². The summed E-state index contributed by atoms with van der Waals surface area (Å²) in [5, 5.41) is 13.0. The van der Waals surface area contributed by atoms with Crippen LogP contribution in [0.5, 0.6) is 5.75 Å². The Morgan fingerprint density at radius 3 is 2.41 bits per heavy atom. The minimum atomic E-state index is -0.682. The number of piperidine rings is 1. The number of aromatic nitrogens is 4. The van der Waals surface area contributed by atoms with Gasteiger partial charge < -0.3 is 54.8 Å². The summed E-state index contributed by atoms with van der Waals surface area (Å²) in [4.78, 5) is 80.9. The summed E-state index contributed by atoms with van der Waals surface area (Å²) in [6.07, 6.45) is 9.23. The van der Waals surface area contributed by atoms with E-state index in [0.717, 1.165) is 74.3 Å². The van der Waals surface area contributed by atoms with E-state index < -0.39 is 6.04 Å². The van der Waals surface area contributed by atoms with E-state index in [1.165, 1.54) is 33.4 Å². The minimum absolute atomic E-state index is 0.107. The molecule has 4 aromatic rings. The van der Waals surface area contributed by atoms with E-state index in [9.17, 15) is 24.0 Å². The first-order valence-corrected chi connectivity index (χ1v) is 23.4. The van der Waals surface area contributed by atoms with Gasteiger partial charge in [0.25, 0.3) is 17.4 Å². The first-order valence-electron chi connectivity index (χ1n) is 23.0. The zero-order valence-electron chi connectivity index (χ0n) is 38.6. The van der Waals surface area contributed by atoms with Gasteiger partial charge in [0.2, 0.25) is 11.9 Å². The summed E-state index contributed by atoms with van der Waals surface area (Å²) in [5.74, 6) is 1.32. The van der Waals surface area contributed by atoms with E-state index in [1.807, 2.05) is 51.1 Å². The third-order valence-corrected chi connectivity index (χ3v) is 13.0. The number of ether oxygens (including phenoxy) is 2. The SMILES string of the molecule is CNC(=O)C(CCC=O)N1C(=O)c2ccc(N3CCNCC3C)nc2C1C.CNC(=O)COc1cc2cc(Nc3nc(N4CCC(OC5CCC5)CC4)ncc3Cl)ccc2n(C(C)C)c1=O. The second-order valence-electron chi connectivity index (χ2n) is 17.5. The molecule has 0 radical (unpaired) electrons. The number of pyridine rings is 2. The maximum absolute atomic E-state index is 13.1. The molecule has 1 saturated carbocycles. The standard InChI is InChI=1S/C28H35ClN6O4.C19H27N5O3/c1-17(2)35-23-8-7-19(13-18(23)14-24(27(35)37)38-16-25(36)30-3)32-26-22(29)15-31-28(33-26)34-11-9-21(10-12-34)39-20-5-4-6-20;1-12-11-21-8-9-23(12)16-7-6-14-17(22-16)13(2)24(19(14)27)15(5-4-10-25)18(26)20-3/h7-8,13-15,17,20-21H,4-6,9-12,16H2,1-3H3,(H,30,36)(H,31,32,33);6-7,10,12-13,15,21H,4-5,8-9,11H2,1-3H3,(H,20,26). The van der Waals surface area contributed by atoms with E-state index in [4.69, 9.17) is 31.0 Å². The van der Waals surface area contributed by atoms with Crippen LogP contribution < -0.4 is 41.4 Å². The molecule has 0 spiro atoms. The van der Waals surface area contributed by atoms with Crippen molar-refractivity contribution in [2.45, 2.75) is 109 Å². The molecule has 6 heterocycles. The van der Waals surface area contributed by atoms with Crippen molar-refractivity contribution in [3.05, 3.63) is 69.2 Å². The molecule has 19 heteroatoms. The number of nitrogens with zero attached hydrogens (tertiary/aromatic N) is 7. The van der Waals surface area contributed by atoms with Gasteiger partial charge in [0.1, 0.15) is 23.2 Å². The molecular weight excluding hydrogens is 866 g/mol. The average molecular weight is 929 g/mol. The number of likely N-dealkylation sites (N-methyl/N-ethyl adjacent to an activating group) is 2. The number of rotatable bonds is 15. The number of anilines is 4. The molecule has 3 aliphatic heterocycles.